The second-order valence-electron chi connectivity index (χ2n) is 13.5. The van der Waals surface area contributed by atoms with Crippen LogP contribution in [0.1, 0.15) is 60.2 Å². The second kappa shape index (κ2) is 19.3. The quantitative estimate of drug-likeness (QED) is 0.159. The van der Waals surface area contributed by atoms with Gasteiger partial charge in [0.1, 0.15) is 23.0 Å². The predicted octanol–water partition coefficient (Wildman–Crippen LogP) is 9.45. The molecule has 0 saturated carbocycles. The maximum atomic E-state index is 9.71. The summed E-state index contributed by atoms with van der Waals surface area (Å²) >= 11 is 0. The number of likely N-dealkylation sites (tertiary alicyclic amines) is 2. The third kappa shape index (κ3) is 10.3. The highest BCUT2D eigenvalue weighted by Gasteiger charge is 2.23. The first kappa shape index (κ1) is 40.2. The van der Waals surface area contributed by atoms with Crippen molar-refractivity contribution in [2.24, 2.45) is 0 Å². The van der Waals surface area contributed by atoms with Gasteiger partial charge in [0, 0.05) is 60.6 Å². The lowest BCUT2D eigenvalue weighted by molar-refractivity contribution is 0.207. The van der Waals surface area contributed by atoms with E-state index in [1.165, 1.54) is 58.4 Å². The van der Waals surface area contributed by atoms with Crippen LogP contribution < -0.4 is 0 Å². The molecule has 9 heteroatoms. The summed E-state index contributed by atoms with van der Waals surface area (Å²) in [5.41, 5.74) is 2.51. The van der Waals surface area contributed by atoms with Gasteiger partial charge in [0.25, 0.3) is 0 Å². The maximum absolute atomic E-state index is 9.71. The Hall–Kier alpha value is -3.60. The van der Waals surface area contributed by atoms with E-state index in [2.05, 4.69) is 58.3 Å². The Kier molecular flexibility index (Phi) is 15.2. The minimum atomic E-state index is 0. The molecule has 51 heavy (non-hydrogen) atoms. The van der Waals surface area contributed by atoms with Crippen LogP contribution in [0.25, 0.3) is 21.5 Å². The summed E-state index contributed by atoms with van der Waals surface area (Å²) < 4.78 is 11.5. The average molecular weight is 823 g/mol. The van der Waals surface area contributed by atoms with E-state index < -0.39 is 0 Å². The molecule has 0 spiro atoms. The van der Waals surface area contributed by atoms with Crippen molar-refractivity contribution in [2.75, 3.05) is 39.3 Å². The van der Waals surface area contributed by atoms with Gasteiger partial charge >= 0.3 is 0 Å². The molecule has 2 aromatic heterocycles. The Labute approximate surface area is 321 Å². The Bertz CT molecular complexity index is 1800. The Balaban J connectivity index is 0.000000216. The summed E-state index contributed by atoms with van der Waals surface area (Å²) in [6, 6.07) is 32.2. The van der Waals surface area contributed by atoms with Gasteiger partial charge in [-0.15, -0.1) is 34.0 Å². The molecule has 2 saturated heterocycles. The summed E-state index contributed by atoms with van der Waals surface area (Å²) in [6.45, 7) is 6.45. The Morgan fingerprint density at radius 1 is 0.569 bits per heavy atom. The van der Waals surface area contributed by atoms with Crippen LogP contribution in [0.5, 0.6) is 11.5 Å². The first-order chi connectivity index (χ1) is 23.6. The zero-order valence-corrected chi connectivity index (χ0v) is 32.4. The first-order valence-electron chi connectivity index (χ1n) is 17.5. The largest absolute Gasteiger partial charge is 0.508 e. The average Bonchev–Trinajstić information content (AvgIpc) is 3.74. The highest BCUT2D eigenvalue weighted by atomic mass is 79.9. The van der Waals surface area contributed by atoms with E-state index in [9.17, 15) is 10.2 Å². The number of phenols is 2. The zero-order chi connectivity index (χ0) is 32.7. The lowest BCUT2D eigenvalue weighted by Gasteiger charge is -2.32. The molecule has 2 unspecified atom stereocenters. The van der Waals surface area contributed by atoms with Crippen LogP contribution in [-0.4, -0.2) is 64.8 Å². The Morgan fingerprint density at radius 3 is 1.43 bits per heavy atom. The van der Waals surface area contributed by atoms with E-state index in [1.807, 2.05) is 48.9 Å². The summed E-state index contributed by atoms with van der Waals surface area (Å²) in [5, 5.41) is 24.3. The highest BCUT2D eigenvalue weighted by molar-refractivity contribution is 8.93. The zero-order valence-electron chi connectivity index (χ0n) is 29.0. The number of nitrogens with zero attached hydrogens (tertiary/aromatic N) is 2. The molecule has 8 rings (SSSR count). The van der Waals surface area contributed by atoms with E-state index in [4.69, 9.17) is 8.83 Å². The molecule has 0 aliphatic carbocycles. The van der Waals surface area contributed by atoms with E-state index in [1.54, 1.807) is 12.1 Å². The lowest BCUT2D eigenvalue weighted by Crippen LogP contribution is -2.35. The molecule has 0 amide bonds. The topological polar surface area (TPSA) is 105 Å². The molecule has 4 aromatic carbocycles. The van der Waals surface area contributed by atoms with E-state index in [0.29, 0.717) is 23.3 Å². The minimum Gasteiger partial charge on any atom is -0.508 e. The molecular formula is C42H50Br2N2O5. The SMILES string of the molecule is Br.Br.O.Oc1cccc(C2CCCN(CCc3occ4ccccc34)C2)c1.Oc1cccc(C2CCCN(CCc3occ4ccccc34)C2)c1. The minimum absolute atomic E-state index is 0. The first-order valence-corrected chi connectivity index (χ1v) is 17.5. The molecule has 2 atom stereocenters. The number of furan rings is 2. The molecule has 7 nitrogen and oxygen atoms in total. The van der Waals surface area contributed by atoms with Crippen LogP contribution in [0.4, 0.5) is 0 Å². The van der Waals surface area contributed by atoms with E-state index in [0.717, 1.165) is 63.6 Å². The summed E-state index contributed by atoms with van der Waals surface area (Å²) in [5.74, 6) is 3.94. The van der Waals surface area contributed by atoms with E-state index >= 15 is 0 Å². The van der Waals surface area contributed by atoms with Crippen molar-refractivity contribution in [3.8, 4) is 11.5 Å². The second-order valence-corrected chi connectivity index (χ2v) is 13.5. The van der Waals surface area contributed by atoms with Crippen LogP contribution in [0, 0.1) is 0 Å². The number of benzene rings is 4. The van der Waals surface area contributed by atoms with Crippen molar-refractivity contribution in [3.05, 3.63) is 132 Å². The molecule has 0 bridgehead atoms. The van der Waals surface area contributed by atoms with Crippen molar-refractivity contribution in [2.45, 2.75) is 50.4 Å². The standard InChI is InChI=1S/2C21H23NO2.2BrH.H2O/c2*23-19-8-3-6-16(13-19)17-7-4-11-22(14-17)12-10-21-20-9-2-1-5-18(20)15-24-21;;;/h2*1-3,5-6,8-9,13,15,17,23H,4,7,10-12,14H2;2*1H;1H2. The Morgan fingerprint density at radius 2 is 1.00 bits per heavy atom. The van der Waals surface area contributed by atoms with Gasteiger partial charge in [0.2, 0.25) is 0 Å². The molecule has 4 heterocycles. The van der Waals surface area contributed by atoms with Gasteiger partial charge in [-0.3, -0.25) is 0 Å². The number of rotatable bonds is 8. The van der Waals surface area contributed by atoms with Crippen LogP contribution >= 0.6 is 34.0 Å². The fourth-order valence-corrected chi connectivity index (χ4v) is 7.63. The summed E-state index contributed by atoms with van der Waals surface area (Å²) in [4.78, 5) is 5.05. The number of piperidine rings is 2. The van der Waals surface area contributed by atoms with Crippen LogP contribution in [0.2, 0.25) is 0 Å². The molecular weight excluding hydrogens is 772 g/mol. The lowest BCUT2D eigenvalue weighted by atomic mass is 9.90. The molecule has 0 radical (unpaired) electrons. The molecule has 4 N–H and O–H groups in total. The number of fused-ring (bicyclic) bond motifs is 2. The van der Waals surface area contributed by atoms with Crippen molar-refractivity contribution in [1.29, 1.82) is 0 Å². The third-order valence-corrected chi connectivity index (χ3v) is 10.2. The monoisotopic (exact) mass is 820 g/mol. The number of aromatic hydroxyl groups is 2. The molecule has 6 aromatic rings. The molecule has 2 aliphatic rings. The number of halogens is 2. The fraction of sp³-hybridized carbons (Fsp3) is 0.333. The number of hydrogen-bond acceptors (Lipinski definition) is 6. The van der Waals surface area contributed by atoms with Crippen LogP contribution in [0.3, 0.4) is 0 Å². The van der Waals surface area contributed by atoms with E-state index in [-0.39, 0.29) is 39.4 Å². The van der Waals surface area contributed by atoms with Crippen molar-refractivity contribution in [1.82, 2.24) is 9.80 Å². The van der Waals surface area contributed by atoms with Gasteiger partial charge in [-0.25, -0.2) is 0 Å². The smallest absolute Gasteiger partial charge is 0.115 e. The summed E-state index contributed by atoms with van der Waals surface area (Å²) in [6.07, 6.45) is 10.4. The van der Waals surface area contributed by atoms with Gasteiger partial charge < -0.3 is 34.3 Å². The predicted molar refractivity (Wildman–Crippen MR) is 217 cm³/mol. The molecule has 272 valence electrons. The van der Waals surface area contributed by atoms with Gasteiger partial charge in [-0.1, -0.05) is 72.8 Å². The third-order valence-electron chi connectivity index (χ3n) is 10.2. The number of phenolic OH excluding ortho intramolecular Hbond substituents is 2. The van der Waals surface area contributed by atoms with Gasteiger partial charge in [-0.05, 0) is 86.0 Å². The van der Waals surface area contributed by atoms with Crippen molar-refractivity contribution in [3.63, 3.8) is 0 Å². The normalized spacial score (nSPS) is 17.8. The molecule has 2 fully saturated rings. The van der Waals surface area contributed by atoms with Crippen LogP contribution in [-0.2, 0) is 12.8 Å². The van der Waals surface area contributed by atoms with Crippen LogP contribution in [0.15, 0.2) is 118 Å². The molecule has 2 aliphatic heterocycles. The van der Waals surface area contributed by atoms with Gasteiger partial charge in [0.15, 0.2) is 0 Å². The van der Waals surface area contributed by atoms with Crippen molar-refractivity contribution >= 4 is 55.5 Å². The number of hydrogen-bond donors (Lipinski definition) is 2. The highest BCUT2D eigenvalue weighted by Crippen LogP contribution is 2.31. The van der Waals surface area contributed by atoms with Gasteiger partial charge in [0.05, 0.1) is 12.5 Å². The maximum Gasteiger partial charge on any atom is 0.115 e. The summed E-state index contributed by atoms with van der Waals surface area (Å²) in [7, 11) is 0. The fourth-order valence-electron chi connectivity index (χ4n) is 7.63. The van der Waals surface area contributed by atoms with Gasteiger partial charge in [-0.2, -0.15) is 0 Å². The van der Waals surface area contributed by atoms with Crippen molar-refractivity contribution < 1.29 is 24.5 Å².